The number of imidazole rings is 1. The third-order valence-corrected chi connectivity index (χ3v) is 5.37. The molecule has 144 valence electrons. The number of nitrogens with one attached hydrogen (secondary N) is 1. The van der Waals surface area contributed by atoms with Gasteiger partial charge in [0.15, 0.2) is 16.9 Å². The molecular weight excluding hydrogens is 382 g/mol. The van der Waals surface area contributed by atoms with Crippen LogP contribution in [0, 0.1) is 0 Å². The van der Waals surface area contributed by atoms with E-state index < -0.39 is 11.2 Å². The number of fused-ring (bicyclic) bond motifs is 2. The first-order valence-corrected chi connectivity index (χ1v) is 9.16. The van der Waals surface area contributed by atoms with Crippen molar-refractivity contribution in [3.05, 3.63) is 61.6 Å². The van der Waals surface area contributed by atoms with Crippen molar-refractivity contribution in [3.63, 3.8) is 0 Å². The second-order valence-electron chi connectivity index (χ2n) is 6.66. The zero-order chi connectivity index (χ0) is 20.2. The highest BCUT2D eigenvalue weighted by Gasteiger charge is 2.21. The van der Waals surface area contributed by atoms with Crippen LogP contribution in [0.3, 0.4) is 0 Å². The van der Waals surface area contributed by atoms with E-state index in [1.165, 1.54) is 23.2 Å². The number of benzene rings is 1. The lowest BCUT2D eigenvalue weighted by Gasteiger charge is -2.07. The smallest absolute Gasteiger partial charge is 0.332 e. The molecule has 9 heteroatoms. The topological polar surface area (TPSA) is 94.7 Å². The van der Waals surface area contributed by atoms with Gasteiger partial charge in [0.1, 0.15) is 0 Å². The summed E-state index contributed by atoms with van der Waals surface area (Å²) in [6.07, 6.45) is 2.51. The Morgan fingerprint density at radius 3 is 2.68 bits per heavy atom. The number of carbonyl (C=O) groups is 1. The van der Waals surface area contributed by atoms with E-state index in [-0.39, 0.29) is 28.8 Å². The van der Waals surface area contributed by atoms with Gasteiger partial charge in [-0.2, -0.15) is 4.98 Å². The predicted octanol–water partition coefficient (Wildman–Crippen LogP) is 2.01. The number of H-pyrrole nitrogens is 1. The summed E-state index contributed by atoms with van der Waals surface area (Å²) < 4.78 is 3.56. The Hall–Kier alpha value is -3.13. The van der Waals surface area contributed by atoms with Crippen LogP contribution >= 0.6 is 11.6 Å². The van der Waals surface area contributed by atoms with Gasteiger partial charge in [0.05, 0.1) is 6.54 Å². The van der Waals surface area contributed by atoms with Crippen molar-refractivity contribution in [1.29, 1.82) is 0 Å². The molecule has 0 atom stereocenters. The summed E-state index contributed by atoms with van der Waals surface area (Å²) in [6.45, 7) is 1.89. The second kappa shape index (κ2) is 6.49. The van der Waals surface area contributed by atoms with Gasteiger partial charge in [0.25, 0.3) is 5.56 Å². The number of carbonyl (C=O) groups excluding carboxylic acids is 1. The molecule has 1 N–H and O–H groups in total. The highest BCUT2D eigenvalue weighted by Crippen LogP contribution is 2.24. The highest BCUT2D eigenvalue weighted by atomic mass is 35.5. The van der Waals surface area contributed by atoms with Gasteiger partial charge in [0, 0.05) is 36.8 Å². The number of halogens is 1. The molecule has 1 aromatic carbocycles. The van der Waals surface area contributed by atoms with E-state index in [9.17, 15) is 14.4 Å². The molecule has 28 heavy (non-hydrogen) atoms. The standard InChI is InChI=1S/C19H18ClN5O3/c1-4-10-6-5-7-11-12(8-21-14(10)11)13(26)9-25-15-16(22-18(25)20)23(2)19(28)24(3)17(15)27/h5-8,21H,4,9H2,1-3H3. The molecule has 4 aromatic rings. The van der Waals surface area contributed by atoms with Crippen LogP contribution in [0.4, 0.5) is 0 Å². The van der Waals surface area contributed by atoms with E-state index in [0.29, 0.717) is 5.56 Å². The number of hydrogen-bond donors (Lipinski definition) is 1. The van der Waals surface area contributed by atoms with E-state index in [0.717, 1.165) is 27.5 Å². The summed E-state index contributed by atoms with van der Waals surface area (Å²) in [5, 5.41) is 0.806. The Labute approximate surface area is 164 Å². The third kappa shape index (κ3) is 2.52. The number of Topliss-reactive ketones (excluding diaryl/α,β-unsaturated/α-hetero) is 1. The molecule has 0 amide bonds. The van der Waals surface area contributed by atoms with Gasteiger partial charge >= 0.3 is 5.69 Å². The van der Waals surface area contributed by atoms with Crippen LogP contribution in [0.2, 0.25) is 5.28 Å². The average Bonchev–Trinajstić information content (AvgIpc) is 3.26. The molecule has 0 radical (unpaired) electrons. The highest BCUT2D eigenvalue weighted by molar-refractivity contribution is 6.29. The zero-order valence-corrected chi connectivity index (χ0v) is 16.4. The maximum absolute atomic E-state index is 13.0. The quantitative estimate of drug-likeness (QED) is 0.419. The summed E-state index contributed by atoms with van der Waals surface area (Å²) >= 11 is 6.22. The Morgan fingerprint density at radius 1 is 1.21 bits per heavy atom. The first kappa shape index (κ1) is 18.2. The Kier molecular flexibility index (Phi) is 4.23. The first-order valence-electron chi connectivity index (χ1n) is 8.79. The minimum Gasteiger partial charge on any atom is -0.360 e. The lowest BCUT2D eigenvalue weighted by molar-refractivity contribution is 0.0975. The summed E-state index contributed by atoms with van der Waals surface area (Å²) in [5.41, 5.74) is 1.78. The molecule has 3 heterocycles. The zero-order valence-electron chi connectivity index (χ0n) is 15.6. The maximum Gasteiger partial charge on any atom is 0.332 e. The van der Waals surface area contributed by atoms with Crippen LogP contribution in [-0.4, -0.2) is 29.5 Å². The number of rotatable bonds is 4. The Bertz CT molecular complexity index is 1370. The van der Waals surface area contributed by atoms with Crippen LogP contribution in [-0.2, 0) is 27.1 Å². The van der Waals surface area contributed by atoms with E-state index in [2.05, 4.69) is 16.9 Å². The molecule has 0 aliphatic carbocycles. The second-order valence-corrected chi connectivity index (χ2v) is 7.00. The monoisotopic (exact) mass is 399 g/mol. The maximum atomic E-state index is 13.0. The summed E-state index contributed by atoms with van der Waals surface area (Å²) in [7, 11) is 2.88. The van der Waals surface area contributed by atoms with Gasteiger partial charge in [-0.15, -0.1) is 0 Å². The van der Waals surface area contributed by atoms with Gasteiger partial charge in [-0.3, -0.25) is 18.7 Å². The molecular formula is C19H18ClN5O3. The van der Waals surface area contributed by atoms with Crippen LogP contribution in [0.15, 0.2) is 34.0 Å². The lowest BCUT2D eigenvalue weighted by Crippen LogP contribution is -2.37. The molecule has 8 nitrogen and oxygen atoms in total. The normalized spacial score (nSPS) is 11.6. The number of ketones is 1. The van der Waals surface area contributed by atoms with E-state index in [1.807, 2.05) is 18.2 Å². The number of hydrogen-bond acceptors (Lipinski definition) is 4. The fourth-order valence-corrected chi connectivity index (χ4v) is 3.76. The number of aromatic amines is 1. The van der Waals surface area contributed by atoms with Gasteiger partial charge in [-0.05, 0) is 23.6 Å². The van der Waals surface area contributed by atoms with Crippen molar-refractivity contribution in [2.24, 2.45) is 14.1 Å². The van der Waals surface area contributed by atoms with Gasteiger partial charge in [-0.25, -0.2) is 4.79 Å². The number of para-hydroxylation sites is 1. The van der Waals surface area contributed by atoms with Crippen molar-refractivity contribution in [3.8, 4) is 0 Å². The molecule has 0 bridgehead atoms. The van der Waals surface area contributed by atoms with E-state index >= 15 is 0 Å². The molecule has 0 saturated heterocycles. The van der Waals surface area contributed by atoms with Gasteiger partial charge in [-0.1, -0.05) is 25.1 Å². The lowest BCUT2D eigenvalue weighted by atomic mass is 10.0. The SMILES string of the molecule is CCc1cccc2c(C(=O)Cn3c(Cl)nc4c3c(=O)n(C)c(=O)n4C)c[nH]c12. The Morgan fingerprint density at radius 2 is 1.96 bits per heavy atom. The fourth-order valence-electron chi connectivity index (χ4n) is 3.54. The van der Waals surface area contributed by atoms with Crippen LogP contribution in [0.5, 0.6) is 0 Å². The summed E-state index contributed by atoms with van der Waals surface area (Å²) in [5.74, 6) is -0.211. The molecule has 0 saturated carbocycles. The van der Waals surface area contributed by atoms with Crippen molar-refractivity contribution in [2.45, 2.75) is 19.9 Å². The van der Waals surface area contributed by atoms with Crippen molar-refractivity contribution >= 4 is 39.5 Å². The molecule has 3 aromatic heterocycles. The van der Waals surface area contributed by atoms with Gasteiger partial charge in [0.2, 0.25) is 5.28 Å². The number of nitrogens with zero attached hydrogens (tertiary/aromatic N) is 4. The minimum absolute atomic E-state index is 0.0178. The average molecular weight is 400 g/mol. The molecule has 0 unspecified atom stereocenters. The molecule has 0 aliphatic heterocycles. The largest absolute Gasteiger partial charge is 0.360 e. The third-order valence-electron chi connectivity index (χ3n) is 5.09. The molecule has 0 aliphatic rings. The van der Waals surface area contributed by atoms with Crippen LogP contribution < -0.4 is 11.2 Å². The fraction of sp³-hybridized carbons (Fsp3) is 0.263. The predicted molar refractivity (Wildman–Crippen MR) is 107 cm³/mol. The summed E-state index contributed by atoms with van der Waals surface area (Å²) in [6, 6.07) is 5.81. The van der Waals surface area contributed by atoms with Crippen molar-refractivity contribution in [1.82, 2.24) is 23.7 Å². The van der Waals surface area contributed by atoms with Crippen molar-refractivity contribution < 1.29 is 4.79 Å². The minimum atomic E-state index is -0.544. The van der Waals surface area contributed by atoms with E-state index in [4.69, 9.17) is 11.6 Å². The molecule has 0 fully saturated rings. The van der Waals surface area contributed by atoms with Crippen LogP contribution in [0.25, 0.3) is 22.1 Å². The number of aryl methyl sites for hydroxylation is 2. The Balaban J connectivity index is 1.86. The molecule has 4 rings (SSSR count). The van der Waals surface area contributed by atoms with Crippen LogP contribution in [0.1, 0.15) is 22.8 Å². The first-order chi connectivity index (χ1) is 13.3. The van der Waals surface area contributed by atoms with Crippen molar-refractivity contribution in [2.75, 3.05) is 0 Å². The van der Waals surface area contributed by atoms with E-state index in [1.54, 1.807) is 6.20 Å². The number of aromatic nitrogens is 5. The van der Waals surface area contributed by atoms with Gasteiger partial charge < -0.3 is 9.55 Å². The molecule has 0 spiro atoms. The summed E-state index contributed by atoms with van der Waals surface area (Å²) in [4.78, 5) is 45.0.